The molecule has 0 bridgehead atoms. The second-order valence-corrected chi connectivity index (χ2v) is 8.05. The molecule has 0 radical (unpaired) electrons. The Morgan fingerprint density at radius 2 is 1.80 bits per heavy atom. The van der Waals surface area contributed by atoms with Crippen molar-refractivity contribution >= 4 is 32.7 Å². The number of benzene rings is 2. The van der Waals surface area contributed by atoms with Crippen molar-refractivity contribution in [3.8, 4) is 0 Å². The van der Waals surface area contributed by atoms with Gasteiger partial charge in [0.15, 0.2) is 0 Å². The fourth-order valence-electron chi connectivity index (χ4n) is 3.41. The first-order chi connectivity index (χ1) is 11.9. The molecule has 130 valence electrons. The average molecular weight is 399 g/mol. The Hall–Kier alpha value is -2.07. The molecule has 2 aromatic carbocycles. The van der Waals surface area contributed by atoms with Crippen molar-refractivity contribution in [2.24, 2.45) is 0 Å². The van der Waals surface area contributed by atoms with Gasteiger partial charge in [-0.1, -0.05) is 60.1 Å². The van der Waals surface area contributed by atoms with Crippen LogP contribution in [0.25, 0.3) is 10.9 Å². The predicted molar refractivity (Wildman–Crippen MR) is 107 cm³/mol. The van der Waals surface area contributed by atoms with Gasteiger partial charge in [-0.2, -0.15) is 0 Å². The third-order valence-electron chi connectivity index (χ3n) is 4.58. The van der Waals surface area contributed by atoms with Crippen LogP contribution in [0, 0.1) is 6.92 Å². The summed E-state index contributed by atoms with van der Waals surface area (Å²) < 4.78 is 1.02. The molecule has 1 aromatic heterocycles. The molecule has 0 aliphatic rings. The molecule has 3 nitrogen and oxygen atoms in total. The van der Waals surface area contributed by atoms with Crippen LogP contribution in [-0.2, 0) is 16.6 Å². The number of aryl methyl sites for hydroxylation is 1. The molecule has 0 atom stereocenters. The van der Waals surface area contributed by atoms with Gasteiger partial charge in [-0.05, 0) is 36.2 Å². The zero-order valence-electron chi connectivity index (χ0n) is 14.8. The molecule has 4 heteroatoms. The number of rotatable bonds is 5. The van der Waals surface area contributed by atoms with E-state index in [0.29, 0.717) is 13.0 Å². The fraction of sp³-hybridized carbons (Fsp3) is 0.286. The smallest absolute Gasteiger partial charge is 0.224 e. The van der Waals surface area contributed by atoms with E-state index in [4.69, 9.17) is 0 Å². The largest absolute Gasteiger partial charge is 0.358 e. The number of hydrogen-bond acceptors (Lipinski definition) is 1. The molecule has 0 saturated carbocycles. The lowest BCUT2D eigenvalue weighted by Crippen LogP contribution is -2.37. The molecule has 0 fully saturated rings. The third kappa shape index (κ3) is 3.96. The summed E-state index contributed by atoms with van der Waals surface area (Å²) in [6.07, 6.45) is 0.399. The number of para-hydroxylation sites is 1. The molecular formula is C21H23BrN2O. The normalized spacial score (nSPS) is 11.7. The monoisotopic (exact) mass is 398 g/mol. The van der Waals surface area contributed by atoms with Crippen LogP contribution >= 0.6 is 15.9 Å². The number of amides is 1. The Labute approximate surface area is 157 Å². The number of aromatic nitrogens is 1. The van der Waals surface area contributed by atoms with Crippen LogP contribution in [0.1, 0.15) is 30.7 Å². The number of aromatic amines is 1. The fourth-order valence-corrected chi connectivity index (χ4v) is 3.67. The molecule has 3 aromatic rings. The Balaban J connectivity index is 1.71. The van der Waals surface area contributed by atoms with Gasteiger partial charge in [0.1, 0.15) is 0 Å². The van der Waals surface area contributed by atoms with Gasteiger partial charge in [0, 0.05) is 33.0 Å². The van der Waals surface area contributed by atoms with Gasteiger partial charge in [0.05, 0.1) is 6.42 Å². The van der Waals surface area contributed by atoms with Crippen molar-refractivity contribution in [2.45, 2.75) is 32.6 Å². The third-order valence-corrected chi connectivity index (χ3v) is 5.10. The highest BCUT2D eigenvalue weighted by molar-refractivity contribution is 9.10. The Bertz CT molecular complexity index is 894. The molecule has 2 N–H and O–H groups in total. The van der Waals surface area contributed by atoms with E-state index in [1.165, 1.54) is 10.9 Å². The molecule has 0 spiro atoms. The van der Waals surface area contributed by atoms with Gasteiger partial charge >= 0.3 is 0 Å². The summed E-state index contributed by atoms with van der Waals surface area (Å²) in [6, 6.07) is 16.2. The first kappa shape index (κ1) is 17.7. The van der Waals surface area contributed by atoms with Crippen molar-refractivity contribution in [3.05, 3.63) is 69.8 Å². The van der Waals surface area contributed by atoms with Crippen LogP contribution in [0.5, 0.6) is 0 Å². The maximum atomic E-state index is 12.3. The zero-order chi connectivity index (χ0) is 18.0. The van der Waals surface area contributed by atoms with Crippen LogP contribution in [0.2, 0.25) is 0 Å². The van der Waals surface area contributed by atoms with Crippen molar-refractivity contribution in [3.63, 3.8) is 0 Å². The van der Waals surface area contributed by atoms with Crippen LogP contribution in [0.15, 0.2) is 53.0 Å². The van der Waals surface area contributed by atoms with E-state index < -0.39 is 0 Å². The number of H-pyrrole nitrogens is 1. The highest BCUT2D eigenvalue weighted by Crippen LogP contribution is 2.33. The number of halogens is 1. The molecule has 1 amide bonds. The summed E-state index contributed by atoms with van der Waals surface area (Å²) in [4.78, 5) is 15.8. The van der Waals surface area contributed by atoms with E-state index in [9.17, 15) is 4.79 Å². The minimum absolute atomic E-state index is 0.0490. The minimum atomic E-state index is -0.154. The molecular weight excluding hydrogens is 376 g/mol. The van der Waals surface area contributed by atoms with E-state index in [2.05, 4.69) is 65.2 Å². The van der Waals surface area contributed by atoms with E-state index >= 15 is 0 Å². The van der Waals surface area contributed by atoms with E-state index in [0.717, 1.165) is 21.2 Å². The molecule has 1 heterocycles. The summed E-state index contributed by atoms with van der Waals surface area (Å²) in [5, 5.41) is 4.33. The van der Waals surface area contributed by atoms with Gasteiger partial charge in [-0.3, -0.25) is 4.79 Å². The van der Waals surface area contributed by atoms with Crippen molar-refractivity contribution in [2.75, 3.05) is 6.54 Å². The standard InChI is InChI=1S/C21H23BrN2O/c1-14-20(17-6-4-5-7-18(17)24-14)21(2,3)13-23-19(25)12-15-8-10-16(22)11-9-15/h4-11,24H,12-13H2,1-3H3,(H,23,25). The second-order valence-electron chi connectivity index (χ2n) is 7.13. The summed E-state index contributed by atoms with van der Waals surface area (Å²) in [5.41, 5.74) is 4.44. The number of nitrogens with one attached hydrogen (secondary N) is 2. The Morgan fingerprint density at radius 3 is 2.52 bits per heavy atom. The number of carbonyl (C=O) groups excluding carboxylic acids is 1. The Kier molecular flexibility index (Phi) is 5.00. The van der Waals surface area contributed by atoms with Crippen LogP contribution < -0.4 is 5.32 Å². The lowest BCUT2D eigenvalue weighted by Gasteiger charge is -2.26. The van der Waals surface area contributed by atoms with Gasteiger partial charge in [-0.25, -0.2) is 0 Å². The number of fused-ring (bicyclic) bond motifs is 1. The van der Waals surface area contributed by atoms with Crippen molar-refractivity contribution in [1.82, 2.24) is 10.3 Å². The number of hydrogen-bond donors (Lipinski definition) is 2. The summed E-state index contributed by atoms with van der Waals surface area (Å²) >= 11 is 3.41. The average Bonchev–Trinajstić information content (AvgIpc) is 2.92. The second kappa shape index (κ2) is 7.04. The van der Waals surface area contributed by atoms with Crippen molar-refractivity contribution < 1.29 is 4.79 Å². The highest BCUT2D eigenvalue weighted by atomic mass is 79.9. The Morgan fingerprint density at radius 1 is 1.12 bits per heavy atom. The zero-order valence-corrected chi connectivity index (χ0v) is 16.4. The maximum Gasteiger partial charge on any atom is 0.224 e. The quantitative estimate of drug-likeness (QED) is 0.632. The van der Waals surface area contributed by atoms with Crippen LogP contribution in [0.3, 0.4) is 0 Å². The van der Waals surface area contributed by atoms with Gasteiger partial charge in [-0.15, -0.1) is 0 Å². The molecule has 0 saturated heterocycles. The first-order valence-corrected chi connectivity index (χ1v) is 9.25. The molecule has 0 aliphatic carbocycles. The van der Waals surface area contributed by atoms with Crippen LogP contribution in [0.4, 0.5) is 0 Å². The van der Waals surface area contributed by atoms with E-state index in [1.807, 2.05) is 30.3 Å². The summed E-state index contributed by atoms with van der Waals surface area (Å²) in [6.45, 7) is 7.05. The first-order valence-electron chi connectivity index (χ1n) is 8.46. The van der Waals surface area contributed by atoms with Gasteiger partial charge in [0.2, 0.25) is 5.91 Å². The highest BCUT2D eigenvalue weighted by Gasteiger charge is 2.26. The summed E-state index contributed by atoms with van der Waals surface area (Å²) in [7, 11) is 0. The van der Waals surface area contributed by atoms with E-state index in [1.54, 1.807) is 0 Å². The van der Waals surface area contributed by atoms with Gasteiger partial charge < -0.3 is 10.3 Å². The lowest BCUT2D eigenvalue weighted by molar-refractivity contribution is -0.120. The SMILES string of the molecule is Cc1[nH]c2ccccc2c1C(C)(C)CNC(=O)Cc1ccc(Br)cc1. The topological polar surface area (TPSA) is 44.9 Å². The molecule has 0 aliphatic heterocycles. The molecule has 3 rings (SSSR count). The molecule has 0 unspecified atom stereocenters. The number of carbonyl (C=O) groups is 1. The minimum Gasteiger partial charge on any atom is -0.358 e. The maximum absolute atomic E-state index is 12.3. The van der Waals surface area contributed by atoms with Gasteiger partial charge in [0.25, 0.3) is 0 Å². The predicted octanol–water partition coefficient (Wildman–Crippen LogP) is 4.88. The lowest BCUT2D eigenvalue weighted by atomic mass is 9.82. The van der Waals surface area contributed by atoms with Crippen molar-refractivity contribution in [1.29, 1.82) is 0 Å². The van der Waals surface area contributed by atoms with E-state index in [-0.39, 0.29) is 11.3 Å². The molecule has 25 heavy (non-hydrogen) atoms. The summed E-state index contributed by atoms with van der Waals surface area (Å²) in [5.74, 6) is 0.0490. The van der Waals surface area contributed by atoms with Crippen LogP contribution in [-0.4, -0.2) is 17.4 Å².